The minimum atomic E-state index is 0.457. The Hall–Kier alpha value is -3.25. The van der Waals surface area contributed by atoms with E-state index >= 15 is 0 Å². The van der Waals surface area contributed by atoms with Gasteiger partial charge in [-0.2, -0.15) is 5.10 Å². The SMILES string of the molecule is Cc1cccc(CNc2n[nH]c3nc([C@@H]4CCCN(Cc5ccccc5)C4)ccc23)n1. The fourth-order valence-electron chi connectivity index (χ4n) is 4.44. The number of H-pyrrole nitrogens is 1. The third-order valence-electron chi connectivity index (χ3n) is 6.00. The summed E-state index contributed by atoms with van der Waals surface area (Å²) < 4.78 is 0. The van der Waals surface area contributed by atoms with Gasteiger partial charge < -0.3 is 5.32 Å². The largest absolute Gasteiger partial charge is 0.362 e. The molecule has 3 aromatic heterocycles. The first-order valence-electron chi connectivity index (χ1n) is 11.0. The predicted octanol–water partition coefficient (Wildman–Crippen LogP) is 4.65. The van der Waals surface area contributed by atoms with Gasteiger partial charge in [-0.3, -0.25) is 15.0 Å². The number of aromatic amines is 1. The number of anilines is 1. The number of hydrogen-bond donors (Lipinski definition) is 2. The number of hydrogen-bond acceptors (Lipinski definition) is 5. The van der Waals surface area contributed by atoms with E-state index in [4.69, 9.17) is 4.98 Å². The lowest BCUT2D eigenvalue weighted by Gasteiger charge is -2.32. The molecule has 1 saturated heterocycles. The number of rotatable bonds is 6. The summed E-state index contributed by atoms with van der Waals surface area (Å²) in [5, 5.41) is 12.0. The van der Waals surface area contributed by atoms with Crippen LogP contribution in [0.4, 0.5) is 5.82 Å². The molecule has 1 atom stereocenters. The van der Waals surface area contributed by atoms with Gasteiger partial charge in [-0.15, -0.1) is 0 Å². The first kappa shape index (κ1) is 19.7. The van der Waals surface area contributed by atoms with E-state index in [1.807, 2.05) is 25.1 Å². The zero-order valence-electron chi connectivity index (χ0n) is 17.9. The number of piperidine rings is 1. The highest BCUT2D eigenvalue weighted by Crippen LogP contribution is 2.29. The Kier molecular flexibility index (Phi) is 5.63. The van der Waals surface area contributed by atoms with E-state index < -0.39 is 0 Å². The Labute approximate surface area is 182 Å². The van der Waals surface area contributed by atoms with Crippen molar-refractivity contribution in [3.63, 3.8) is 0 Å². The fraction of sp³-hybridized carbons (Fsp3) is 0.320. The van der Waals surface area contributed by atoms with E-state index in [1.165, 1.54) is 18.4 Å². The molecule has 6 nitrogen and oxygen atoms in total. The number of aryl methyl sites for hydroxylation is 1. The van der Waals surface area contributed by atoms with Crippen molar-refractivity contribution >= 4 is 16.9 Å². The molecule has 2 N–H and O–H groups in total. The van der Waals surface area contributed by atoms with E-state index in [0.717, 1.165) is 53.6 Å². The summed E-state index contributed by atoms with van der Waals surface area (Å²) in [5.41, 5.74) is 5.39. The summed E-state index contributed by atoms with van der Waals surface area (Å²) >= 11 is 0. The molecule has 6 heteroatoms. The number of benzene rings is 1. The Morgan fingerprint density at radius 2 is 1.94 bits per heavy atom. The molecule has 4 aromatic rings. The summed E-state index contributed by atoms with van der Waals surface area (Å²) in [7, 11) is 0. The van der Waals surface area contributed by atoms with Crippen LogP contribution in [-0.4, -0.2) is 38.2 Å². The van der Waals surface area contributed by atoms with Crippen LogP contribution in [0.1, 0.15) is 41.4 Å². The lowest BCUT2D eigenvalue weighted by molar-refractivity contribution is 0.198. The minimum absolute atomic E-state index is 0.457. The van der Waals surface area contributed by atoms with Crippen LogP contribution in [0.2, 0.25) is 0 Å². The van der Waals surface area contributed by atoms with Gasteiger partial charge in [0.1, 0.15) is 0 Å². The second-order valence-electron chi connectivity index (χ2n) is 8.39. The maximum Gasteiger partial charge on any atom is 0.157 e. The molecule has 0 amide bonds. The Morgan fingerprint density at radius 3 is 2.81 bits per heavy atom. The molecule has 158 valence electrons. The van der Waals surface area contributed by atoms with E-state index in [0.29, 0.717) is 12.5 Å². The van der Waals surface area contributed by atoms with Crippen molar-refractivity contribution in [3.8, 4) is 0 Å². The summed E-state index contributed by atoms with van der Waals surface area (Å²) in [5.74, 6) is 1.28. The molecular weight excluding hydrogens is 384 g/mol. The smallest absolute Gasteiger partial charge is 0.157 e. The Balaban J connectivity index is 1.27. The predicted molar refractivity (Wildman–Crippen MR) is 124 cm³/mol. The van der Waals surface area contributed by atoms with Gasteiger partial charge in [0.2, 0.25) is 0 Å². The zero-order chi connectivity index (χ0) is 21.0. The van der Waals surface area contributed by atoms with Crippen molar-refractivity contribution in [2.24, 2.45) is 0 Å². The molecule has 0 spiro atoms. The average Bonchev–Trinajstić information content (AvgIpc) is 3.21. The molecule has 0 aliphatic carbocycles. The molecule has 1 aromatic carbocycles. The standard InChI is InChI=1S/C25H28N6/c1-18-7-5-11-21(27-18)15-26-24-22-12-13-23(28-25(22)30-29-24)20-10-6-14-31(17-20)16-19-8-3-2-4-9-19/h2-5,7-9,11-13,20H,6,10,14-17H2,1H3,(H2,26,28,29,30)/t20-/m1/s1. The molecule has 1 fully saturated rings. The first-order valence-corrected chi connectivity index (χ1v) is 11.0. The second kappa shape index (κ2) is 8.86. The van der Waals surface area contributed by atoms with Gasteiger partial charge in [0.05, 0.1) is 17.6 Å². The summed E-state index contributed by atoms with van der Waals surface area (Å²) in [6.45, 7) is 5.85. The van der Waals surface area contributed by atoms with E-state index in [1.54, 1.807) is 0 Å². The number of aromatic nitrogens is 4. The molecule has 1 aliphatic rings. The van der Waals surface area contributed by atoms with Gasteiger partial charge in [-0.05, 0) is 56.1 Å². The minimum Gasteiger partial charge on any atom is -0.362 e. The van der Waals surface area contributed by atoms with Gasteiger partial charge >= 0.3 is 0 Å². The van der Waals surface area contributed by atoms with Crippen molar-refractivity contribution in [2.45, 2.75) is 38.8 Å². The van der Waals surface area contributed by atoms with Crippen LogP contribution >= 0.6 is 0 Å². The molecule has 0 unspecified atom stereocenters. The van der Waals surface area contributed by atoms with Crippen molar-refractivity contribution in [3.05, 3.63) is 83.3 Å². The lowest BCUT2D eigenvalue weighted by atomic mass is 9.93. The maximum absolute atomic E-state index is 4.93. The highest BCUT2D eigenvalue weighted by Gasteiger charge is 2.23. The van der Waals surface area contributed by atoms with Crippen LogP contribution in [0.5, 0.6) is 0 Å². The third-order valence-corrected chi connectivity index (χ3v) is 6.00. The van der Waals surface area contributed by atoms with Crippen LogP contribution in [0.15, 0.2) is 60.7 Å². The molecule has 0 saturated carbocycles. The zero-order valence-corrected chi connectivity index (χ0v) is 17.9. The van der Waals surface area contributed by atoms with Gasteiger partial charge in [0, 0.05) is 30.4 Å². The molecule has 31 heavy (non-hydrogen) atoms. The number of nitrogens with zero attached hydrogens (tertiary/aromatic N) is 4. The number of fused-ring (bicyclic) bond motifs is 1. The number of likely N-dealkylation sites (tertiary alicyclic amines) is 1. The fourth-order valence-corrected chi connectivity index (χ4v) is 4.44. The Bertz CT molecular complexity index is 1150. The third kappa shape index (κ3) is 4.59. The first-order chi connectivity index (χ1) is 15.2. The summed E-state index contributed by atoms with van der Waals surface area (Å²) in [6.07, 6.45) is 2.39. The van der Waals surface area contributed by atoms with Crippen LogP contribution in [-0.2, 0) is 13.1 Å². The maximum atomic E-state index is 4.93. The monoisotopic (exact) mass is 412 g/mol. The van der Waals surface area contributed by atoms with Gasteiger partial charge in [0.25, 0.3) is 0 Å². The highest BCUT2D eigenvalue weighted by atomic mass is 15.2. The molecule has 0 bridgehead atoms. The molecular formula is C25H28N6. The molecule has 0 radical (unpaired) electrons. The highest BCUT2D eigenvalue weighted by molar-refractivity contribution is 5.87. The van der Waals surface area contributed by atoms with E-state index in [2.05, 4.69) is 67.9 Å². The topological polar surface area (TPSA) is 69.7 Å². The van der Waals surface area contributed by atoms with Crippen LogP contribution in [0, 0.1) is 6.92 Å². The van der Waals surface area contributed by atoms with Gasteiger partial charge in [-0.25, -0.2) is 4.98 Å². The summed E-state index contributed by atoms with van der Waals surface area (Å²) in [4.78, 5) is 12.0. The van der Waals surface area contributed by atoms with Crippen LogP contribution < -0.4 is 5.32 Å². The van der Waals surface area contributed by atoms with E-state index in [9.17, 15) is 0 Å². The van der Waals surface area contributed by atoms with Crippen molar-refractivity contribution in [1.29, 1.82) is 0 Å². The van der Waals surface area contributed by atoms with Crippen molar-refractivity contribution in [2.75, 3.05) is 18.4 Å². The van der Waals surface area contributed by atoms with Crippen molar-refractivity contribution in [1.82, 2.24) is 25.1 Å². The number of pyridine rings is 2. The lowest BCUT2D eigenvalue weighted by Crippen LogP contribution is -2.34. The molecule has 1 aliphatic heterocycles. The molecule has 5 rings (SSSR count). The van der Waals surface area contributed by atoms with Crippen LogP contribution in [0.3, 0.4) is 0 Å². The summed E-state index contributed by atoms with van der Waals surface area (Å²) in [6, 6.07) is 21.1. The van der Waals surface area contributed by atoms with Gasteiger partial charge in [0.15, 0.2) is 11.5 Å². The second-order valence-corrected chi connectivity index (χ2v) is 8.39. The van der Waals surface area contributed by atoms with E-state index in [-0.39, 0.29) is 0 Å². The molecule has 4 heterocycles. The quantitative estimate of drug-likeness (QED) is 0.482. The Morgan fingerprint density at radius 1 is 1.03 bits per heavy atom. The number of nitrogens with one attached hydrogen (secondary N) is 2. The normalized spacial score (nSPS) is 17.1. The van der Waals surface area contributed by atoms with Crippen molar-refractivity contribution < 1.29 is 0 Å². The van der Waals surface area contributed by atoms with Gasteiger partial charge in [-0.1, -0.05) is 36.4 Å². The average molecular weight is 413 g/mol. The van der Waals surface area contributed by atoms with Crippen LogP contribution in [0.25, 0.3) is 11.0 Å².